The Morgan fingerprint density at radius 2 is 2.26 bits per heavy atom. The molecule has 1 fully saturated rings. The van der Waals surface area contributed by atoms with Gasteiger partial charge in [-0.3, -0.25) is 4.79 Å². The van der Waals surface area contributed by atoms with Gasteiger partial charge in [0.2, 0.25) is 0 Å². The van der Waals surface area contributed by atoms with Crippen molar-refractivity contribution < 1.29 is 9.90 Å². The van der Waals surface area contributed by atoms with Crippen molar-refractivity contribution in [2.45, 2.75) is 13.3 Å². The minimum Gasteiger partial charge on any atom is -0.508 e. The molecule has 1 heterocycles. The molecule has 1 N–H and O–H groups in total. The Hall–Kier alpha value is -1.55. The molecule has 4 heteroatoms. The number of nitrogens with zero attached hydrogens (tertiary/aromatic N) is 2. The standard InChI is InChI=1S/C15H22N2O2/c1-11-8-13(4-5-14(11)18)15(19)17(3)10-12-6-7-16(2)9-12/h4-5,8,12,18H,6-7,9-10H2,1-3H3. The van der Waals surface area contributed by atoms with E-state index in [1.54, 1.807) is 30.0 Å². The van der Waals surface area contributed by atoms with Crippen LogP contribution in [0.4, 0.5) is 0 Å². The van der Waals surface area contributed by atoms with Crippen molar-refractivity contribution in [1.82, 2.24) is 9.80 Å². The van der Waals surface area contributed by atoms with Crippen molar-refractivity contribution >= 4 is 5.91 Å². The second kappa shape index (κ2) is 5.61. The summed E-state index contributed by atoms with van der Waals surface area (Å²) in [6.45, 7) is 4.78. The molecular formula is C15H22N2O2. The molecule has 0 aromatic heterocycles. The molecule has 1 amide bonds. The Labute approximate surface area is 114 Å². The Morgan fingerprint density at radius 1 is 1.53 bits per heavy atom. The van der Waals surface area contributed by atoms with Crippen LogP contribution in [0.5, 0.6) is 5.75 Å². The molecular weight excluding hydrogens is 240 g/mol. The summed E-state index contributed by atoms with van der Waals surface area (Å²) in [4.78, 5) is 16.4. The summed E-state index contributed by atoms with van der Waals surface area (Å²) in [7, 11) is 3.97. The van der Waals surface area contributed by atoms with Gasteiger partial charge in [-0.1, -0.05) is 0 Å². The lowest BCUT2D eigenvalue weighted by molar-refractivity contribution is 0.0774. The first-order chi connectivity index (χ1) is 8.97. The predicted molar refractivity (Wildman–Crippen MR) is 75.4 cm³/mol. The summed E-state index contributed by atoms with van der Waals surface area (Å²) in [6.07, 6.45) is 1.16. The lowest BCUT2D eigenvalue weighted by Gasteiger charge is -2.21. The number of likely N-dealkylation sites (tertiary alicyclic amines) is 1. The van der Waals surface area contributed by atoms with Gasteiger partial charge in [0.15, 0.2) is 0 Å². The van der Waals surface area contributed by atoms with Crippen LogP contribution in [0.25, 0.3) is 0 Å². The van der Waals surface area contributed by atoms with Crippen LogP contribution in [-0.2, 0) is 0 Å². The highest BCUT2D eigenvalue weighted by Gasteiger charge is 2.23. The third-order valence-electron chi connectivity index (χ3n) is 3.81. The number of carbonyl (C=O) groups excluding carboxylic acids is 1. The molecule has 0 saturated carbocycles. The van der Waals surface area contributed by atoms with E-state index in [1.807, 2.05) is 7.05 Å². The van der Waals surface area contributed by atoms with Gasteiger partial charge in [0, 0.05) is 25.7 Å². The quantitative estimate of drug-likeness (QED) is 0.902. The van der Waals surface area contributed by atoms with Gasteiger partial charge in [0.05, 0.1) is 0 Å². The van der Waals surface area contributed by atoms with Crippen LogP contribution in [0.1, 0.15) is 22.3 Å². The molecule has 0 radical (unpaired) electrons. The number of aryl methyl sites for hydroxylation is 1. The molecule has 0 bridgehead atoms. The molecule has 0 spiro atoms. The minimum absolute atomic E-state index is 0.0256. The Balaban J connectivity index is 2.00. The summed E-state index contributed by atoms with van der Waals surface area (Å²) in [5, 5.41) is 9.49. The van der Waals surface area contributed by atoms with Crippen molar-refractivity contribution in [3.05, 3.63) is 29.3 Å². The smallest absolute Gasteiger partial charge is 0.253 e. The van der Waals surface area contributed by atoms with Crippen molar-refractivity contribution in [2.24, 2.45) is 5.92 Å². The van der Waals surface area contributed by atoms with Crippen LogP contribution in [0.15, 0.2) is 18.2 Å². The van der Waals surface area contributed by atoms with Gasteiger partial charge in [-0.15, -0.1) is 0 Å². The number of carbonyl (C=O) groups is 1. The highest BCUT2D eigenvalue weighted by molar-refractivity contribution is 5.94. The van der Waals surface area contributed by atoms with E-state index in [1.165, 1.54) is 0 Å². The van der Waals surface area contributed by atoms with Gasteiger partial charge >= 0.3 is 0 Å². The zero-order valence-electron chi connectivity index (χ0n) is 11.9. The van der Waals surface area contributed by atoms with Crippen LogP contribution >= 0.6 is 0 Å². The lowest BCUT2D eigenvalue weighted by Crippen LogP contribution is -2.32. The van der Waals surface area contributed by atoms with E-state index >= 15 is 0 Å². The van der Waals surface area contributed by atoms with Gasteiger partial charge in [0.25, 0.3) is 5.91 Å². The average Bonchev–Trinajstić information content (AvgIpc) is 2.77. The number of rotatable bonds is 3. The van der Waals surface area contributed by atoms with Crippen LogP contribution in [0, 0.1) is 12.8 Å². The number of hydrogen-bond donors (Lipinski definition) is 1. The molecule has 0 aliphatic carbocycles. The fraction of sp³-hybridized carbons (Fsp3) is 0.533. The normalized spacial score (nSPS) is 19.6. The Morgan fingerprint density at radius 3 is 2.84 bits per heavy atom. The third kappa shape index (κ3) is 3.26. The van der Waals surface area contributed by atoms with Gasteiger partial charge in [-0.25, -0.2) is 0 Å². The SMILES string of the molecule is Cc1cc(C(=O)N(C)CC2CCN(C)C2)ccc1O. The maximum atomic E-state index is 12.3. The van der Waals surface area contributed by atoms with E-state index in [0.717, 1.165) is 31.6 Å². The summed E-state index contributed by atoms with van der Waals surface area (Å²) < 4.78 is 0. The Kier molecular flexibility index (Phi) is 4.10. The fourth-order valence-electron chi connectivity index (χ4n) is 2.65. The first-order valence-electron chi connectivity index (χ1n) is 6.71. The zero-order valence-corrected chi connectivity index (χ0v) is 11.9. The molecule has 1 aliphatic rings. The van der Waals surface area contributed by atoms with E-state index in [9.17, 15) is 9.90 Å². The van der Waals surface area contributed by atoms with E-state index in [-0.39, 0.29) is 11.7 Å². The van der Waals surface area contributed by atoms with Crippen molar-refractivity contribution in [3.8, 4) is 5.75 Å². The Bertz CT molecular complexity index is 473. The van der Waals surface area contributed by atoms with E-state index in [0.29, 0.717) is 11.5 Å². The fourth-order valence-corrected chi connectivity index (χ4v) is 2.65. The topological polar surface area (TPSA) is 43.8 Å². The molecule has 104 valence electrons. The minimum atomic E-state index is 0.0256. The number of hydrogen-bond acceptors (Lipinski definition) is 3. The van der Waals surface area contributed by atoms with Crippen LogP contribution in [0.2, 0.25) is 0 Å². The average molecular weight is 262 g/mol. The van der Waals surface area contributed by atoms with Crippen molar-refractivity contribution in [2.75, 3.05) is 33.7 Å². The monoisotopic (exact) mass is 262 g/mol. The predicted octanol–water partition coefficient (Wildman–Crippen LogP) is 1.72. The molecule has 1 atom stereocenters. The number of benzene rings is 1. The van der Waals surface area contributed by atoms with Crippen LogP contribution < -0.4 is 0 Å². The highest BCUT2D eigenvalue weighted by Crippen LogP contribution is 2.19. The maximum Gasteiger partial charge on any atom is 0.253 e. The first kappa shape index (κ1) is 13.9. The number of aromatic hydroxyl groups is 1. The van der Waals surface area contributed by atoms with Gasteiger partial charge in [-0.2, -0.15) is 0 Å². The largest absolute Gasteiger partial charge is 0.508 e. The molecule has 1 unspecified atom stereocenters. The number of phenolic OH excluding ortho intramolecular Hbond substituents is 1. The van der Waals surface area contributed by atoms with Gasteiger partial charge in [-0.05, 0) is 56.6 Å². The maximum absolute atomic E-state index is 12.3. The highest BCUT2D eigenvalue weighted by atomic mass is 16.3. The zero-order chi connectivity index (χ0) is 14.0. The second-order valence-electron chi connectivity index (χ2n) is 5.60. The molecule has 1 aromatic rings. The molecule has 19 heavy (non-hydrogen) atoms. The summed E-state index contributed by atoms with van der Waals surface area (Å²) in [5.74, 6) is 0.825. The second-order valence-corrected chi connectivity index (χ2v) is 5.60. The molecule has 1 aromatic carbocycles. The molecule has 1 aliphatic heterocycles. The van der Waals surface area contributed by atoms with Crippen molar-refractivity contribution in [3.63, 3.8) is 0 Å². The molecule has 4 nitrogen and oxygen atoms in total. The number of phenols is 1. The number of amides is 1. The van der Waals surface area contributed by atoms with Gasteiger partial charge < -0.3 is 14.9 Å². The first-order valence-corrected chi connectivity index (χ1v) is 6.71. The third-order valence-corrected chi connectivity index (χ3v) is 3.81. The summed E-state index contributed by atoms with van der Waals surface area (Å²) in [5.41, 5.74) is 1.38. The lowest BCUT2D eigenvalue weighted by atomic mass is 10.1. The van der Waals surface area contributed by atoms with Crippen molar-refractivity contribution in [1.29, 1.82) is 0 Å². The van der Waals surface area contributed by atoms with Crippen LogP contribution in [0.3, 0.4) is 0 Å². The van der Waals surface area contributed by atoms with Gasteiger partial charge in [0.1, 0.15) is 5.75 Å². The van der Waals surface area contributed by atoms with Crippen LogP contribution in [-0.4, -0.2) is 54.5 Å². The van der Waals surface area contributed by atoms with E-state index in [4.69, 9.17) is 0 Å². The molecule has 2 rings (SSSR count). The van der Waals surface area contributed by atoms with E-state index in [2.05, 4.69) is 11.9 Å². The summed E-state index contributed by atoms with van der Waals surface area (Å²) in [6, 6.07) is 5.01. The summed E-state index contributed by atoms with van der Waals surface area (Å²) >= 11 is 0. The molecule has 1 saturated heterocycles. The van der Waals surface area contributed by atoms with E-state index < -0.39 is 0 Å².